The lowest BCUT2D eigenvalue weighted by Gasteiger charge is -2.44. The normalized spacial score (nSPS) is 21.3. The van der Waals surface area contributed by atoms with Crippen molar-refractivity contribution in [3.8, 4) is 17.1 Å². The fourth-order valence-corrected chi connectivity index (χ4v) is 8.42. The van der Waals surface area contributed by atoms with Crippen LogP contribution in [-0.4, -0.2) is 81.1 Å². The molecule has 0 spiro atoms. The molecule has 2 aromatic carbocycles. The van der Waals surface area contributed by atoms with E-state index in [0.717, 1.165) is 68.3 Å². The zero-order valence-electron chi connectivity index (χ0n) is 26.4. The van der Waals surface area contributed by atoms with Gasteiger partial charge in [-0.1, -0.05) is 17.9 Å². The molecule has 3 saturated heterocycles. The summed E-state index contributed by atoms with van der Waals surface area (Å²) in [6, 6.07) is 1.94. The van der Waals surface area contributed by atoms with E-state index in [1.54, 1.807) is 9.80 Å². The second-order valence-corrected chi connectivity index (χ2v) is 13.9. The summed E-state index contributed by atoms with van der Waals surface area (Å²) < 4.78 is 82.5. The van der Waals surface area contributed by atoms with Crippen molar-refractivity contribution >= 4 is 49.3 Å². The summed E-state index contributed by atoms with van der Waals surface area (Å²) in [5.74, 6) is -2.21. The number of nitrogen functional groups attached to an aromatic ring is 1. The van der Waals surface area contributed by atoms with Gasteiger partial charge in [0.1, 0.15) is 23.8 Å². The van der Waals surface area contributed by atoms with Gasteiger partial charge in [0.2, 0.25) is 5.91 Å². The number of alkyl halides is 3. The first-order valence-corrected chi connectivity index (χ1v) is 16.7. The second kappa shape index (κ2) is 11.8. The molecule has 48 heavy (non-hydrogen) atoms. The molecule has 9 nitrogen and oxygen atoms in total. The highest BCUT2D eigenvalue weighted by Gasteiger charge is 2.45. The molecule has 2 atom stereocenters. The number of ether oxygens (including phenoxy) is 1. The molecule has 3 fully saturated rings. The van der Waals surface area contributed by atoms with Crippen LogP contribution in [0.4, 0.5) is 32.9 Å². The Kier molecular flexibility index (Phi) is 7.97. The van der Waals surface area contributed by atoms with E-state index in [0.29, 0.717) is 0 Å². The van der Waals surface area contributed by atoms with E-state index in [-0.39, 0.29) is 80.8 Å². The van der Waals surface area contributed by atoms with Gasteiger partial charge in [-0.3, -0.25) is 9.69 Å². The first-order valence-electron chi connectivity index (χ1n) is 15.8. The van der Waals surface area contributed by atoms with Crippen LogP contribution in [0.5, 0.6) is 6.01 Å². The molecule has 0 radical (unpaired) electrons. The first kappa shape index (κ1) is 32.4. The summed E-state index contributed by atoms with van der Waals surface area (Å²) in [5.41, 5.74) is 2.67. The van der Waals surface area contributed by atoms with Crippen molar-refractivity contribution in [2.75, 3.05) is 43.4 Å². The molecular formula is C33H34F5N7O2S. The van der Waals surface area contributed by atoms with Crippen LogP contribution in [0.1, 0.15) is 45.1 Å². The van der Waals surface area contributed by atoms with Crippen LogP contribution in [0.3, 0.4) is 0 Å². The molecule has 1 amide bonds. The van der Waals surface area contributed by atoms with E-state index in [2.05, 4.69) is 26.4 Å². The topological polar surface area (TPSA) is 101 Å². The van der Waals surface area contributed by atoms with Gasteiger partial charge in [0.05, 0.1) is 21.3 Å². The van der Waals surface area contributed by atoms with Gasteiger partial charge in [-0.2, -0.15) is 23.1 Å². The Morgan fingerprint density at radius 1 is 1.10 bits per heavy atom. The average Bonchev–Trinajstić information content (AvgIpc) is 3.75. The quantitative estimate of drug-likeness (QED) is 0.184. The highest BCUT2D eigenvalue weighted by Crippen LogP contribution is 2.46. The van der Waals surface area contributed by atoms with Gasteiger partial charge < -0.3 is 20.3 Å². The molecule has 7 rings (SSSR count). The number of nitrogens with two attached hydrogens (primary N) is 1. The standard InChI is InChI=1S/C33H34F5N7O2S/c1-4-23(46)44-14-18(3)45(15-17(44)2)29-20-13-21(33(36,37)38)24(19-7-8-22(34)28-27(19)40-30(39)48-28)25(35)26(20)41-31(42-29)47-16-32-9-5-11-43(32)12-6-10-32/h4,7-8,13,17-18H,1,5-6,9-12,14-16H2,2-3H3,(H2,39,40). The third kappa shape index (κ3) is 5.31. The molecule has 3 aliphatic heterocycles. The molecule has 0 bridgehead atoms. The Bertz CT molecular complexity index is 1940. The van der Waals surface area contributed by atoms with Gasteiger partial charge in [0.15, 0.2) is 10.9 Å². The molecule has 2 unspecified atom stereocenters. The zero-order valence-corrected chi connectivity index (χ0v) is 27.2. The highest BCUT2D eigenvalue weighted by molar-refractivity contribution is 7.22. The number of thiazole rings is 1. The highest BCUT2D eigenvalue weighted by atomic mass is 32.1. The average molecular weight is 688 g/mol. The van der Waals surface area contributed by atoms with Crippen molar-refractivity contribution < 1.29 is 31.5 Å². The summed E-state index contributed by atoms with van der Waals surface area (Å²) in [6.07, 6.45) is 0.0663. The fraction of sp³-hybridized carbons (Fsp3) is 0.455. The lowest BCUT2D eigenvalue weighted by Crippen LogP contribution is -2.58. The number of hydrogen-bond donors (Lipinski definition) is 1. The molecule has 254 valence electrons. The number of hydrogen-bond acceptors (Lipinski definition) is 9. The van der Waals surface area contributed by atoms with Gasteiger partial charge in [-0.05, 0) is 76.9 Å². The molecule has 0 saturated carbocycles. The maximum absolute atomic E-state index is 17.0. The Labute approximate surface area is 277 Å². The number of piperazine rings is 1. The van der Waals surface area contributed by atoms with Crippen molar-refractivity contribution in [1.82, 2.24) is 24.8 Å². The number of amides is 1. The van der Waals surface area contributed by atoms with E-state index in [1.165, 1.54) is 6.08 Å². The minimum atomic E-state index is -5.03. The molecule has 0 aliphatic carbocycles. The van der Waals surface area contributed by atoms with Crippen molar-refractivity contribution in [1.29, 1.82) is 0 Å². The van der Waals surface area contributed by atoms with E-state index in [4.69, 9.17) is 10.5 Å². The van der Waals surface area contributed by atoms with Gasteiger partial charge in [0, 0.05) is 41.7 Å². The maximum Gasteiger partial charge on any atom is 0.417 e. The van der Waals surface area contributed by atoms with E-state index in [9.17, 15) is 22.4 Å². The summed E-state index contributed by atoms with van der Waals surface area (Å²) in [6.45, 7) is 9.78. The number of rotatable bonds is 6. The SMILES string of the molecule is C=CC(=O)N1CC(C)N(c2nc(OCC34CCCN3CCC4)nc3c(F)c(-c4ccc(F)c5sc(N)nc45)c(C(F)(F)F)cc23)CC1C. The summed E-state index contributed by atoms with van der Waals surface area (Å²) in [5, 5.41) is -0.244. The summed E-state index contributed by atoms with van der Waals surface area (Å²) in [4.78, 5) is 31.4. The molecular weight excluding hydrogens is 653 g/mol. The van der Waals surface area contributed by atoms with Crippen LogP contribution in [-0.2, 0) is 11.0 Å². The van der Waals surface area contributed by atoms with Gasteiger partial charge >= 0.3 is 12.2 Å². The van der Waals surface area contributed by atoms with E-state index >= 15 is 4.39 Å². The third-order valence-electron chi connectivity index (χ3n) is 9.97. The van der Waals surface area contributed by atoms with Crippen LogP contribution in [0.25, 0.3) is 32.2 Å². The molecule has 2 N–H and O–H groups in total. The molecule has 15 heteroatoms. The number of carbonyl (C=O) groups is 1. The number of carbonyl (C=O) groups excluding carboxylic acids is 1. The van der Waals surface area contributed by atoms with Crippen molar-refractivity contribution in [2.24, 2.45) is 0 Å². The van der Waals surface area contributed by atoms with Crippen molar-refractivity contribution in [3.05, 3.63) is 48.1 Å². The fourth-order valence-electron chi connectivity index (χ4n) is 7.66. The van der Waals surface area contributed by atoms with E-state index in [1.807, 2.05) is 13.8 Å². The molecule has 4 aromatic rings. The van der Waals surface area contributed by atoms with E-state index < -0.39 is 35.0 Å². The molecule has 3 aliphatic rings. The largest absolute Gasteiger partial charge is 0.461 e. The predicted octanol–water partition coefficient (Wildman–Crippen LogP) is 6.40. The lowest BCUT2D eigenvalue weighted by atomic mass is 9.94. The zero-order chi connectivity index (χ0) is 34.1. The van der Waals surface area contributed by atoms with Gasteiger partial charge in [0.25, 0.3) is 0 Å². The van der Waals surface area contributed by atoms with Crippen molar-refractivity contribution in [2.45, 2.75) is 63.3 Å². The smallest absolute Gasteiger partial charge is 0.417 e. The minimum absolute atomic E-state index is 0.0605. The summed E-state index contributed by atoms with van der Waals surface area (Å²) in [7, 11) is 0. The monoisotopic (exact) mass is 687 g/mol. The van der Waals surface area contributed by atoms with Gasteiger partial charge in [-0.25, -0.2) is 13.8 Å². The predicted molar refractivity (Wildman–Crippen MR) is 174 cm³/mol. The number of aromatic nitrogens is 3. The van der Waals surface area contributed by atoms with Crippen LogP contribution < -0.4 is 15.4 Å². The Morgan fingerprint density at radius 2 is 1.83 bits per heavy atom. The first-order chi connectivity index (χ1) is 22.8. The van der Waals surface area contributed by atoms with Crippen LogP contribution in [0.2, 0.25) is 0 Å². The number of benzene rings is 2. The number of halogens is 5. The minimum Gasteiger partial charge on any atom is -0.461 e. The van der Waals surface area contributed by atoms with Crippen LogP contribution in [0.15, 0.2) is 30.9 Å². The van der Waals surface area contributed by atoms with Crippen molar-refractivity contribution in [3.63, 3.8) is 0 Å². The number of anilines is 2. The maximum atomic E-state index is 17.0. The Morgan fingerprint density at radius 3 is 2.52 bits per heavy atom. The number of fused-ring (bicyclic) bond motifs is 3. The Hall–Kier alpha value is -4.11. The molecule has 5 heterocycles. The number of nitrogens with zero attached hydrogens (tertiary/aromatic N) is 6. The van der Waals surface area contributed by atoms with Crippen LogP contribution in [0, 0.1) is 11.6 Å². The molecule has 2 aromatic heterocycles. The summed E-state index contributed by atoms with van der Waals surface area (Å²) >= 11 is 0.761. The van der Waals surface area contributed by atoms with Gasteiger partial charge in [-0.15, -0.1) is 0 Å². The lowest BCUT2D eigenvalue weighted by molar-refractivity contribution is -0.137. The van der Waals surface area contributed by atoms with Crippen LogP contribution >= 0.6 is 11.3 Å². The Balaban J connectivity index is 1.43. The third-order valence-corrected chi connectivity index (χ3v) is 10.9. The second-order valence-electron chi connectivity index (χ2n) is 12.9.